The fraction of sp³-hybridized carbons (Fsp3) is 0.333. The molecule has 2 aromatic carbocycles. The van der Waals surface area contributed by atoms with Crippen molar-refractivity contribution in [2.45, 2.75) is 26.7 Å². The molecule has 0 heterocycles. The molecule has 0 bridgehead atoms. The lowest BCUT2D eigenvalue weighted by atomic mass is 10.0. The SMILES string of the molecule is CCCC(C)C(=O)Nc1ccc(OCC(=O)O)c2ccccc12. The van der Waals surface area contributed by atoms with Crippen LogP contribution in [0.3, 0.4) is 0 Å². The van der Waals surface area contributed by atoms with Gasteiger partial charge in [0.2, 0.25) is 5.91 Å². The highest BCUT2D eigenvalue weighted by atomic mass is 16.5. The molecule has 122 valence electrons. The third-order valence-electron chi connectivity index (χ3n) is 3.66. The normalized spacial score (nSPS) is 11.9. The second-order valence-corrected chi connectivity index (χ2v) is 5.52. The Labute approximate surface area is 135 Å². The van der Waals surface area contributed by atoms with E-state index in [9.17, 15) is 9.59 Å². The molecule has 5 nitrogen and oxygen atoms in total. The van der Waals surface area contributed by atoms with Crippen molar-refractivity contribution in [2.75, 3.05) is 11.9 Å². The van der Waals surface area contributed by atoms with Crippen molar-refractivity contribution in [3.05, 3.63) is 36.4 Å². The van der Waals surface area contributed by atoms with Gasteiger partial charge in [-0.25, -0.2) is 4.79 Å². The average molecular weight is 315 g/mol. The minimum absolute atomic E-state index is 0.0174. The fourth-order valence-corrected chi connectivity index (χ4v) is 2.47. The van der Waals surface area contributed by atoms with Gasteiger partial charge in [-0.05, 0) is 18.6 Å². The van der Waals surface area contributed by atoms with Crippen LogP contribution in [0.5, 0.6) is 5.75 Å². The third kappa shape index (κ3) is 4.22. The second-order valence-electron chi connectivity index (χ2n) is 5.52. The maximum Gasteiger partial charge on any atom is 0.341 e. The van der Waals surface area contributed by atoms with Gasteiger partial charge in [-0.15, -0.1) is 0 Å². The lowest BCUT2D eigenvalue weighted by molar-refractivity contribution is -0.139. The van der Waals surface area contributed by atoms with Crippen LogP contribution in [0.4, 0.5) is 5.69 Å². The molecule has 0 aromatic heterocycles. The van der Waals surface area contributed by atoms with Crippen molar-refractivity contribution in [1.29, 1.82) is 0 Å². The molecule has 0 aliphatic heterocycles. The molecule has 23 heavy (non-hydrogen) atoms. The van der Waals surface area contributed by atoms with E-state index in [2.05, 4.69) is 5.32 Å². The van der Waals surface area contributed by atoms with E-state index >= 15 is 0 Å². The molecule has 0 spiro atoms. The highest BCUT2D eigenvalue weighted by Crippen LogP contribution is 2.32. The van der Waals surface area contributed by atoms with Gasteiger partial charge in [0.25, 0.3) is 0 Å². The van der Waals surface area contributed by atoms with E-state index in [0.717, 1.165) is 23.6 Å². The molecule has 0 aliphatic carbocycles. The number of rotatable bonds is 7. The lowest BCUT2D eigenvalue weighted by Gasteiger charge is -2.15. The maximum atomic E-state index is 12.2. The van der Waals surface area contributed by atoms with E-state index in [1.165, 1.54) is 0 Å². The van der Waals surface area contributed by atoms with Crippen LogP contribution in [0.25, 0.3) is 10.8 Å². The topological polar surface area (TPSA) is 75.6 Å². The molecule has 0 aliphatic rings. The minimum Gasteiger partial charge on any atom is -0.481 e. The molecule has 1 atom stereocenters. The second kappa shape index (κ2) is 7.63. The summed E-state index contributed by atoms with van der Waals surface area (Å²) in [5.41, 5.74) is 0.705. The molecule has 2 rings (SSSR count). The molecule has 1 unspecified atom stereocenters. The van der Waals surface area contributed by atoms with Crippen LogP contribution in [0, 0.1) is 5.92 Å². The molecule has 2 aromatic rings. The molecule has 2 N–H and O–H groups in total. The minimum atomic E-state index is -1.03. The number of nitrogens with one attached hydrogen (secondary N) is 1. The number of benzene rings is 2. The van der Waals surface area contributed by atoms with Gasteiger partial charge in [-0.1, -0.05) is 44.5 Å². The van der Waals surface area contributed by atoms with Gasteiger partial charge in [-0.2, -0.15) is 0 Å². The van der Waals surface area contributed by atoms with E-state index in [-0.39, 0.29) is 11.8 Å². The standard InChI is InChI=1S/C18H21NO4/c1-3-6-12(2)18(22)19-15-9-10-16(23-11-17(20)21)14-8-5-4-7-13(14)15/h4-5,7-10,12H,3,6,11H2,1-2H3,(H,19,22)(H,20,21). The quantitative estimate of drug-likeness (QED) is 0.817. The Morgan fingerprint density at radius 2 is 1.87 bits per heavy atom. The highest BCUT2D eigenvalue weighted by molar-refractivity contribution is 6.04. The maximum absolute atomic E-state index is 12.2. The average Bonchev–Trinajstić information content (AvgIpc) is 2.54. The number of anilines is 1. The van der Waals surface area contributed by atoms with Gasteiger partial charge in [-0.3, -0.25) is 4.79 Å². The van der Waals surface area contributed by atoms with Gasteiger partial charge < -0.3 is 15.2 Å². The molecule has 0 saturated carbocycles. The number of carbonyl (C=O) groups is 2. The van der Waals surface area contributed by atoms with Crippen molar-refractivity contribution < 1.29 is 19.4 Å². The Morgan fingerprint density at radius 3 is 2.52 bits per heavy atom. The Bertz CT molecular complexity index is 711. The number of amides is 1. The zero-order chi connectivity index (χ0) is 16.8. The summed E-state index contributed by atoms with van der Waals surface area (Å²) >= 11 is 0. The van der Waals surface area contributed by atoms with Crippen molar-refractivity contribution in [3.63, 3.8) is 0 Å². The van der Waals surface area contributed by atoms with Crippen LogP contribution in [0.2, 0.25) is 0 Å². The number of ether oxygens (including phenoxy) is 1. The Morgan fingerprint density at radius 1 is 1.17 bits per heavy atom. The number of fused-ring (bicyclic) bond motifs is 1. The van der Waals surface area contributed by atoms with Crippen molar-refractivity contribution in [3.8, 4) is 5.75 Å². The number of aliphatic carboxylic acids is 1. The summed E-state index contributed by atoms with van der Waals surface area (Å²) in [6.45, 7) is 3.56. The first-order chi connectivity index (χ1) is 11.0. The van der Waals surface area contributed by atoms with E-state index in [0.29, 0.717) is 11.4 Å². The predicted molar refractivity (Wildman–Crippen MR) is 89.8 cm³/mol. The number of carbonyl (C=O) groups excluding carboxylic acids is 1. The Balaban J connectivity index is 2.30. The van der Waals surface area contributed by atoms with Crippen molar-refractivity contribution in [1.82, 2.24) is 0 Å². The molecule has 0 radical (unpaired) electrons. The fourth-order valence-electron chi connectivity index (χ4n) is 2.47. The number of hydrogen-bond donors (Lipinski definition) is 2. The summed E-state index contributed by atoms with van der Waals surface area (Å²) in [6.07, 6.45) is 1.79. The van der Waals surface area contributed by atoms with Crippen LogP contribution in [-0.2, 0) is 9.59 Å². The Hall–Kier alpha value is -2.56. The van der Waals surface area contributed by atoms with Gasteiger partial charge in [0.15, 0.2) is 6.61 Å². The number of carboxylic acids is 1. The summed E-state index contributed by atoms with van der Waals surface area (Å²) < 4.78 is 5.31. The van der Waals surface area contributed by atoms with Gasteiger partial charge in [0.05, 0.1) is 0 Å². The zero-order valence-corrected chi connectivity index (χ0v) is 13.3. The van der Waals surface area contributed by atoms with Crippen LogP contribution in [0.15, 0.2) is 36.4 Å². The number of carboxylic acid groups (broad SMARTS) is 1. The van der Waals surface area contributed by atoms with E-state index in [1.807, 2.05) is 38.1 Å². The zero-order valence-electron chi connectivity index (χ0n) is 13.3. The van der Waals surface area contributed by atoms with E-state index < -0.39 is 12.6 Å². The first-order valence-electron chi connectivity index (χ1n) is 7.70. The number of hydrogen-bond acceptors (Lipinski definition) is 3. The summed E-state index contributed by atoms with van der Waals surface area (Å²) in [6, 6.07) is 10.9. The highest BCUT2D eigenvalue weighted by Gasteiger charge is 2.14. The third-order valence-corrected chi connectivity index (χ3v) is 3.66. The lowest BCUT2D eigenvalue weighted by Crippen LogP contribution is -2.20. The molecule has 1 amide bonds. The molecular formula is C18H21NO4. The van der Waals surface area contributed by atoms with Crippen LogP contribution in [0.1, 0.15) is 26.7 Å². The largest absolute Gasteiger partial charge is 0.481 e. The summed E-state index contributed by atoms with van der Waals surface area (Å²) in [5.74, 6) is -0.611. The van der Waals surface area contributed by atoms with Gasteiger partial charge in [0.1, 0.15) is 5.75 Å². The summed E-state index contributed by atoms with van der Waals surface area (Å²) in [5, 5.41) is 13.3. The van der Waals surface area contributed by atoms with Gasteiger partial charge >= 0.3 is 5.97 Å². The summed E-state index contributed by atoms with van der Waals surface area (Å²) in [7, 11) is 0. The monoisotopic (exact) mass is 315 g/mol. The van der Waals surface area contributed by atoms with Crippen LogP contribution in [-0.4, -0.2) is 23.6 Å². The molecule has 0 fully saturated rings. The van der Waals surface area contributed by atoms with Crippen molar-refractivity contribution >= 4 is 28.3 Å². The van der Waals surface area contributed by atoms with Gasteiger partial charge in [0, 0.05) is 22.4 Å². The first kappa shape index (κ1) is 16.8. The molecule has 0 saturated heterocycles. The smallest absolute Gasteiger partial charge is 0.341 e. The molecule has 5 heteroatoms. The van der Waals surface area contributed by atoms with Crippen molar-refractivity contribution in [2.24, 2.45) is 5.92 Å². The summed E-state index contributed by atoms with van der Waals surface area (Å²) in [4.78, 5) is 22.9. The van der Waals surface area contributed by atoms with E-state index in [1.54, 1.807) is 12.1 Å². The first-order valence-corrected chi connectivity index (χ1v) is 7.70. The van der Waals surface area contributed by atoms with Crippen LogP contribution >= 0.6 is 0 Å². The predicted octanol–water partition coefficient (Wildman–Crippen LogP) is 3.68. The molecular weight excluding hydrogens is 294 g/mol. The van der Waals surface area contributed by atoms with E-state index in [4.69, 9.17) is 9.84 Å². The van der Waals surface area contributed by atoms with Crippen LogP contribution < -0.4 is 10.1 Å². The Kier molecular flexibility index (Phi) is 5.57.